The van der Waals surface area contributed by atoms with Crippen molar-refractivity contribution in [2.45, 2.75) is 266 Å². The van der Waals surface area contributed by atoms with Crippen LogP contribution in [0.3, 0.4) is 0 Å². The van der Waals surface area contributed by atoms with Crippen LogP contribution in [-0.2, 0) is 0 Å². The van der Waals surface area contributed by atoms with Gasteiger partial charge >= 0.3 is 0 Å². The summed E-state index contributed by atoms with van der Waals surface area (Å²) in [5.74, 6) is 4.60. The molecule has 2 heterocycles. The molecule has 0 atom stereocenters. The van der Waals surface area contributed by atoms with Gasteiger partial charge in [-0.05, 0) is 235 Å². The first kappa shape index (κ1) is 49.1. The molecule has 0 aromatic heterocycles. The molecule has 75 heavy (non-hydrogen) atoms. The molecule has 0 bridgehead atoms. The van der Waals surface area contributed by atoms with Crippen molar-refractivity contribution in [2.75, 3.05) is 9.80 Å². The molecule has 14 rings (SSSR count). The van der Waals surface area contributed by atoms with E-state index < -0.39 is 0 Å². The van der Waals surface area contributed by atoms with Gasteiger partial charge in [-0.1, -0.05) is 171 Å². The van der Waals surface area contributed by atoms with E-state index >= 15 is 0 Å². The highest BCUT2D eigenvalue weighted by Crippen LogP contribution is 2.52. The predicted octanol–water partition coefficient (Wildman–Crippen LogP) is 20.1. The van der Waals surface area contributed by atoms with E-state index in [1.165, 1.54) is 259 Å². The van der Waals surface area contributed by atoms with E-state index in [-0.39, 0.29) is 6.71 Å². The van der Waals surface area contributed by atoms with Crippen LogP contribution in [0.5, 0.6) is 0 Å². The Morgan fingerprint density at radius 3 is 0.760 bits per heavy atom. The van der Waals surface area contributed by atoms with Crippen LogP contribution in [0.1, 0.15) is 305 Å². The lowest BCUT2D eigenvalue weighted by atomic mass is 9.33. The van der Waals surface area contributed by atoms with Gasteiger partial charge in [-0.3, -0.25) is 0 Å². The predicted molar refractivity (Wildman–Crippen MR) is 321 cm³/mol. The first-order chi connectivity index (χ1) is 37.2. The first-order valence-corrected chi connectivity index (χ1v) is 32.5. The van der Waals surface area contributed by atoms with Gasteiger partial charge in [0.25, 0.3) is 6.71 Å². The second-order valence-corrected chi connectivity index (χ2v) is 26.8. The Hall–Kier alpha value is -4.24. The van der Waals surface area contributed by atoms with E-state index in [1.54, 1.807) is 55.3 Å². The summed E-state index contributed by atoms with van der Waals surface area (Å²) in [5, 5.41) is 0. The summed E-state index contributed by atoms with van der Waals surface area (Å²) in [5.41, 5.74) is 25.0. The zero-order chi connectivity index (χ0) is 49.7. The van der Waals surface area contributed by atoms with Gasteiger partial charge in [0.05, 0.1) is 0 Å². The van der Waals surface area contributed by atoms with Gasteiger partial charge in [-0.25, -0.2) is 0 Å². The lowest BCUT2D eigenvalue weighted by molar-refractivity contribution is 0.435. The summed E-state index contributed by atoms with van der Waals surface area (Å²) < 4.78 is 0. The van der Waals surface area contributed by atoms with Gasteiger partial charge in [0.1, 0.15) is 0 Å². The molecular weight excluding hydrogens is 904 g/mol. The minimum atomic E-state index is 0.187. The first-order valence-electron chi connectivity index (χ1n) is 32.5. The fraction of sp³-hybridized carbons (Fsp3) is 0.583. The van der Waals surface area contributed by atoms with Crippen molar-refractivity contribution in [3.8, 4) is 0 Å². The van der Waals surface area contributed by atoms with Crippen molar-refractivity contribution in [1.82, 2.24) is 0 Å². The summed E-state index contributed by atoms with van der Waals surface area (Å²) in [6.07, 6.45) is 47.8. The molecule has 0 N–H and O–H groups in total. The summed E-state index contributed by atoms with van der Waals surface area (Å²) in [4.78, 5) is 5.88. The van der Waals surface area contributed by atoms with Gasteiger partial charge in [0, 0.05) is 34.1 Å². The second-order valence-electron chi connectivity index (χ2n) is 26.8. The third kappa shape index (κ3) is 9.70. The van der Waals surface area contributed by atoms with E-state index in [0.717, 1.165) is 0 Å². The molecule has 7 fully saturated rings. The number of fused-ring (bicyclic) bond motifs is 4. The average molecular weight is 995 g/mol. The smallest absolute Gasteiger partial charge is 0.252 e. The van der Waals surface area contributed by atoms with Crippen molar-refractivity contribution in [2.24, 2.45) is 0 Å². The van der Waals surface area contributed by atoms with E-state index in [0.29, 0.717) is 41.4 Å². The average Bonchev–Trinajstić information content (AvgIpc) is 3.50. The maximum Gasteiger partial charge on any atom is 0.252 e. The molecule has 0 unspecified atom stereocenters. The number of hydrogen-bond donors (Lipinski definition) is 0. The van der Waals surface area contributed by atoms with E-state index in [1.807, 2.05) is 0 Å². The number of rotatable bonds is 9. The molecular formula is C72H91BN2. The highest BCUT2D eigenvalue weighted by Gasteiger charge is 2.45. The van der Waals surface area contributed by atoms with Crippen LogP contribution >= 0.6 is 0 Å². The van der Waals surface area contributed by atoms with Crippen molar-refractivity contribution < 1.29 is 0 Å². The van der Waals surface area contributed by atoms with Gasteiger partial charge in [0.2, 0.25) is 0 Å². The van der Waals surface area contributed by atoms with E-state index in [2.05, 4.69) is 94.7 Å². The van der Waals surface area contributed by atoms with Crippen LogP contribution in [0, 0.1) is 0 Å². The Labute approximate surface area is 454 Å². The Kier molecular flexibility index (Phi) is 14.3. The van der Waals surface area contributed by atoms with E-state index in [9.17, 15) is 0 Å². The third-order valence-electron chi connectivity index (χ3n) is 22.1. The largest absolute Gasteiger partial charge is 0.311 e. The molecule has 5 aromatic carbocycles. The molecule has 7 saturated carbocycles. The molecule has 392 valence electrons. The zero-order valence-corrected chi connectivity index (χ0v) is 46.3. The van der Waals surface area contributed by atoms with Crippen LogP contribution in [0.4, 0.5) is 34.1 Å². The molecule has 0 spiro atoms. The fourth-order valence-corrected chi connectivity index (χ4v) is 17.9. The lowest BCUT2D eigenvalue weighted by Crippen LogP contribution is -2.61. The van der Waals surface area contributed by atoms with Crippen molar-refractivity contribution >= 4 is 57.2 Å². The fourth-order valence-electron chi connectivity index (χ4n) is 17.9. The Morgan fingerprint density at radius 1 is 0.240 bits per heavy atom. The van der Waals surface area contributed by atoms with Crippen molar-refractivity contribution in [3.05, 3.63) is 124 Å². The highest BCUT2D eigenvalue weighted by molar-refractivity contribution is 7.00. The molecule has 0 radical (unpaired) electrons. The third-order valence-corrected chi connectivity index (χ3v) is 22.1. The summed E-state index contributed by atoms with van der Waals surface area (Å²) in [7, 11) is 0. The zero-order valence-electron chi connectivity index (χ0n) is 46.3. The van der Waals surface area contributed by atoms with Crippen LogP contribution in [-0.4, -0.2) is 6.71 Å². The minimum Gasteiger partial charge on any atom is -0.311 e. The van der Waals surface area contributed by atoms with Gasteiger partial charge in [0.15, 0.2) is 0 Å². The van der Waals surface area contributed by atoms with Crippen molar-refractivity contribution in [3.63, 3.8) is 0 Å². The SMILES string of the molecule is c1cc2c(cc1C1CCCCC1)N(c1cc(C3CCCCC3)cc(C3CCCCC3)c1)c1cc(C3CCCCC3)cc3c1B2c1ccc(C2CCCCC2)cc1N3c1cc(C2CCCCC2)cc(C2CCCCC2)c1. The normalized spacial score (nSPS) is 23.0. The van der Waals surface area contributed by atoms with Crippen LogP contribution < -0.4 is 26.2 Å². The molecule has 9 aliphatic rings. The Balaban J connectivity index is 1.04. The second kappa shape index (κ2) is 21.9. The van der Waals surface area contributed by atoms with Crippen molar-refractivity contribution in [1.29, 1.82) is 0 Å². The van der Waals surface area contributed by atoms with E-state index in [4.69, 9.17) is 0 Å². The molecule has 5 aromatic rings. The number of hydrogen-bond acceptors (Lipinski definition) is 2. The van der Waals surface area contributed by atoms with Gasteiger partial charge in [-0.2, -0.15) is 0 Å². The molecule has 2 aliphatic heterocycles. The monoisotopic (exact) mass is 995 g/mol. The van der Waals surface area contributed by atoms with Gasteiger partial charge in [-0.15, -0.1) is 0 Å². The van der Waals surface area contributed by atoms with Gasteiger partial charge < -0.3 is 9.80 Å². The summed E-state index contributed by atoms with van der Waals surface area (Å²) in [6.45, 7) is 0.187. The highest BCUT2D eigenvalue weighted by atomic mass is 15.2. The Bertz CT molecular complexity index is 2550. The summed E-state index contributed by atoms with van der Waals surface area (Å²) in [6, 6.07) is 38.4. The molecule has 0 saturated heterocycles. The Morgan fingerprint density at radius 2 is 0.480 bits per heavy atom. The van der Waals surface area contributed by atoms with Crippen LogP contribution in [0.15, 0.2) is 84.9 Å². The molecule has 2 nitrogen and oxygen atoms in total. The topological polar surface area (TPSA) is 6.48 Å². The maximum atomic E-state index is 2.94. The summed E-state index contributed by atoms with van der Waals surface area (Å²) >= 11 is 0. The minimum absolute atomic E-state index is 0.187. The lowest BCUT2D eigenvalue weighted by Gasteiger charge is -2.46. The number of benzene rings is 5. The van der Waals surface area contributed by atoms with Crippen LogP contribution in [0.25, 0.3) is 0 Å². The quantitative estimate of drug-likeness (QED) is 0.133. The standard InChI is InChI=1S/C72H91BN2/c1-8-22-50(23-9-1)57-36-38-66-68(46-57)74(64-42-59(52-26-12-3-13-27-52)40-60(43-64)53-28-14-4-15-29-53)70-48-63(56-34-20-7-21-35-56)49-71-72(70)73(66)67-39-37-58(51-24-10-2-11-25-51)47-69(67)75(71)65-44-61(54-30-16-5-17-31-54)41-62(45-65)55-32-18-6-19-33-55/h36-56H,1-35H2. The molecule has 7 aliphatic carbocycles. The molecule has 0 amide bonds. The number of anilines is 6. The van der Waals surface area contributed by atoms with Crippen LogP contribution in [0.2, 0.25) is 0 Å². The molecule has 3 heteroatoms. The number of nitrogens with zero attached hydrogens (tertiary/aromatic N) is 2. The maximum absolute atomic E-state index is 2.94.